The fourth-order valence-corrected chi connectivity index (χ4v) is 1.47. The maximum atomic E-state index is 11.6. The van der Waals surface area contributed by atoms with Crippen molar-refractivity contribution in [2.24, 2.45) is 0 Å². The third-order valence-electron chi connectivity index (χ3n) is 2.23. The number of nitrogens with one attached hydrogen (secondary N) is 2. The van der Waals surface area contributed by atoms with Crippen LogP contribution in [-0.2, 0) is 11.2 Å². The van der Waals surface area contributed by atoms with Crippen molar-refractivity contribution in [3.05, 3.63) is 17.7 Å². The number of aryl methyl sites for hydroxylation is 1. The molecule has 5 heteroatoms. The molecule has 0 aliphatic rings. The molecule has 0 radical (unpaired) electrons. The Labute approximate surface area is 108 Å². The first-order valence-electron chi connectivity index (χ1n) is 6.03. The van der Waals surface area contributed by atoms with Crippen molar-refractivity contribution < 1.29 is 9.53 Å². The molecule has 1 aromatic heterocycles. The Kier molecular flexibility index (Phi) is 4.53. The maximum absolute atomic E-state index is 11.6. The second kappa shape index (κ2) is 5.71. The molecule has 1 aromatic rings. The van der Waals surface area contributed by atoms with E-state index in [-0.39, 0.29) is 0 Å². The highest BCUT2D eigenvalue weighted by Gasteiger charge is 2.16. The van der Waals surface area contributed by atoms with Gasteiger partial charge in [0, 0.05) is 7.05 Å². The minimum atomic E-state index is -0.515. The van der Waals surface area contributed by atoms with E-state index in [9.17, 15) is 4.79 Å². The predicted molar refractivity (Wildman–Crippen MR) is 73.0 cm³/mol. The zero-order valence-corrected chi connectivity index (χ0v) is 11.6. The predicted octanol–water partition coefficient (Wildman–Crippen LogP) is 3.03. The number of anilines is 2. The minimum Gasteiger partial charge on any atom is -0.444 e. The van der Waals surface area contributed by atoms with Gasteiger partial charge in [0.05, 0.1) is 0 Å². The van der Waals surface area contributed by atoms with Crippen molar-refractivity contribution in [3.8, 4) is 0 Å². The Morgan fingerprint density at radius 2 is 2.06 bits per heavy atom. The fourth-order valence-electron chi connectivity index (χ4n) is 1.47. The van der Waals surface area contributed by atoms with E-state index in [1.165, 1.54) is 0 Å². The Balaban J connectivity index is 2.76. The Morgan fingerprint density at radius 3 is 2.56 bits per heavy atom. The highest BCUT2D eigenvalue weighted by molar-refractivity contribution is 5.84. The van der Waals surface area contributed by atoms with Crippen LogP contribution in [-0.4, -0.2) is 23.7 Å². The van der Waals surface area contributed by atoms with E-state index >= 15 is 0 Å². The number of carbonyl (C=O) groups excluding carboxylic acids is 1. The normalized spacial score (nSPS) is 10.9. The lowest BCUT2D eigenvalue weighted by Crippen LogP contribution is -2.27. The van der Waals surface area contributed by atoms with Crippen molar-refractivity contribution >= 4 is 17.7 Å². The molecule has 0 aromatic carbocycles. The van der Waals surface area contributed by atoms with Crippen LogP contribution in [0.2, 0.25) is 0 Å². The summed E-state index contributed by atoms with van der Waals surface area (Å²) in [5, 5.41) is 5.62. The molecule has 1 heterocycles. The van der Waals surface area contributed by atoms with Gasteiger partial charge in [-0.3, -0.25) is 5.32 Å². The SMILES string of the molecule is CCc1ccc(NC(=O)OC(C)(C)C)nc1NC. The number of ether oxygens (including phenoxy) is 1. The molecule has 0 unspecified atom stereocenters. The topological polar surface area (TPSA) is 63.2 Å². The number of amides is 1. The lowest BCUT2D eigenvalue weighted by atomic mass is 10.2. The number of hydrogen-bond acceptors (Lipinski definition) is 4. The largest absolute Gasteiger partial charge is 0.444 e. The van der Waals surface area contributed by atoms with E-state index in [0.29, 0.717) is 5.82 Å². The van der Waals surface area contributed by atoms with Crippen molar-refractivity contribution in [2.45, 2.75) is 39.7 Å². The lowest BCUT2D eigenvalue weighted by molar-refractivity contribution is 0.0635. The van der Waals surface area contributed by atoms with Crippen molar-refractivity contribution in [1.82, 2.24) is 4.98 Å². The summed E-state index contributed by atoms with van der Waals surface area (Å²) in [7, 11) is 1.80. The molecule has 0 atom stereocenters. The molecule has 0 aliphatic carbocycles. The van der Waals surface area contributed by atoms with Crippen LogP contribution in [0, 0.1) is 0 Å². The number of rotatable bonds is 3. The summed E-state index contributed by atoms with van der Waals surface area (Å²) in [6.45, 7) is 7.51. The molecule has 2 N–H and O–H groups in total. The summed E-state index contributed by atoms with van der Waals surface area (Å²) in [6.07, 6.45) is 0.386. The Hall–Kier alpha value is -1.78. The van der Waals surface area contributed by atoms with Gasteiger partial charge in [0.15, 0.2) is 0 Å². The van der Waals surface area contributed by atoms with Gasteiger partial charge in [0.25, 0.3) is 0 Å². The first-order chi connectivity index (χ1) is 8.35. The van der Waals surface area contributed by atoms with Crippen LogP contribution in [0.15, 0.2) is 12.1 Å². The molecule has 18 heavy (non-hydrogen) atoms. The standard InChI is InChI=1S/C13H21N3O2/c1-6-9-7-8-10(15-11(9)14-5)16-12(17)18-13(2,3)4/h7-8H,6H2,1-5H3,(H2,14,15,16,17). The van der Waals surface area contributed by atoms with E-state index in [2.05, 4.69) is 22.5 Å². The number of aromatic nitrogens is 1. The summed E-state index contributed by atoms with van der Waals surface area (Å²) in [4.78, 5) is 15.9. The molecule has 0 aliphatic heterocycles. The number of nitrogens with zero attached hydrogens (tertiary/aromatic N) is 1. The Bertz CT molecular complexity index is 425. The molecule has 0 bridgehead atoms. The van der Waals surface area contributed by atoms with Gasteiger partial charge < -0.3 is 10.1 Å². The van der Waals surface area contributed by atoms with Crippen LogP contribution in [0.1, 0.15) is 33.3 Å². The first kappa shape index (κ1) is 14.3. The van der Waals surface area contributed by atoms with Crippen molar-refractivity contribution in [3.63, 3.8) is 0 Å². The van der Waals surface area contributed by atoms with Gasteiger partial charge in [-0.1, -0.05) is 13.0 Å². The molecule has 0 fully saturated rings. The third kappa shape index (κ3) is 4.24. The third-order valence-corrected chi connectivity index (χ3v) is 2.23. The molecular weight excluding hydrogens is 230 g/mol. The maximum Gasteiger partial charge on any atom is 0.413 e. The molecule has 1 amide bonds. The summed E-state index contributed by atoms with van der Waals surface area (Å²) < 4.78 is 5.16. The number of hydrogen-bond donors (Lipinski definition) is 2. The molecule has 5 nitrogen and oxygen atoms in total. The van der Waals surface area contributed by atoms with Crippen LogP contribution in [0.3, 0.4) is 0 Å². The minimum absolute atomic E-state index is 0.478. The first-order valence-corrected chi connectivity index (χ1v) is 6.03. The Morgan fingerprint density at radius 1 is 1.39 bits per heavy atom. The van der Waals surface area contributed by atoms with Gasteiger partial charge in [0.2, 0.25) is 0 Å². The number of pyridine rings is 1. The molecule has 100 valence electrons. The smallest absolute Gasteiger partial charge is 0.413 e. The van der Waals surface area contributed by atoms with E-state index < -0.39 is 11.7 Å². The number of carbonyl (C=O) groups is 1. The van der Waals surface area contributed by atoms with Crippen molar-refractivity contribution in [2.75, 3.05) is 17.7 Å². The van der Waals surface area contributed by atoms with Gasteiger partial charge in [-0.05, 0) is 38.8 Å². The second-order valence-corrected chi connectivity index (χ2v) is 4.93. The lowest BCUT2D eigenvalue weighted by Gasteiger charge is -2.19. The zero-order valence-electron chi connectivity index (χ0n) is 11.6. The summed E-state index contributed by atoms with van der Waals surface area (Å²) in [6, 6.07) is 3.70. The van der Waals surface area contributed by atoms with Crippen LogP contribution in [0.25, 0.3) is 0 Å². The summed E-state index contributed by atoms with van der Waals surface area (Å²) >= 11 is 0. The monoisotopic (exact) mass is 251 g/mol. The van der Waals surface area contributed by atoms with Crippen LogP contribution in [0.5, 0.6) is 0 Å². The average molecular weight is 251 g/mol. The molecular formula is C13H21N3O2. The van der Waals surface area contributed by atoms with E-state index in [1.54, 1.807) is 13.1 Å². The fraction of sp³-hybridized carbons (Fsp3) is 0.538. The zero-order chi connectivity index (χ0) is 13.8. The quantitative estimate of drug-likeness (QED) is 0.866. The molecule has 0 spiro atoms. The highest BCUT2D eigenvalue weighted by atomic mass is 16.6. The molecule has 0 saturated carbocycles. The van der Waals surface area contributed by atoms with Gasteiger partial charge in [-0.15, -0.1) is 0 Å². The summed E-state index contributed by atoms with van der Waals surface area (Å²) in [5.41, 5.74) is 0.589. The van der Waals surface area contributed by atoms with E-state index in [1.807, 2.05) is 26.8 Å². The van der Waals surface area contributed by atoms with Gasteiger partial charge in [-0.2, -0.15) is 0 Å². The average Bonchev–Trinajstić information content (AvgIpc) is 2.26. The van der Waals surface area contributed by atoms with Crippen molar-refractivity contribution in [1.29, 1.82) is 0 Å². The van der Waals surface area contributed by atoms with Crippen LogP contribution in [0.4, 0.5) is 16.4 Å². The van der Waals surface area contributed by atoms with Gasteiger partial charge >= 0.3 is 6.09 Å². The highest BCUT2D eigenvalue weighted by Crippen LogP contribution is 2.17. The van der Waals surface area contributed by atoms with Crippen LogP contribution >= 0.6 is 0 Å². The summed E-state index contributed by atoms with van der Waals surface area (Å²) in [5.74, 6) is 1.25. The molecule has 0 saturated heterocycles. The van der Waals surface area contributed by atoms with Gasteiger partial charge in [-0.25, -0.2) is 9.78 Å². The van der Waals surface area contributed by atoms with Crippen LogP contribution < -0.4 is 10.6 Å². The van der Waals surface area contributed by atoms with E-state index in [0.717, 1.165) is 17.8 Å². The second-order valence-electron chi connectivity index (χ2n) is 4.93. The van der Waals surface area contributed by atoms with E-state index in [4.69, 9.17) is 4.74 Å². The van der Waals surface area contributed by atoms with Gasteiger partial charge in [0.1, 0.15) is 17.2 Å². The molecule has 1 rings (SSSR count).